The van der Waals surface area contributed by atoms with E-state index in [-0.39, 0.29) is 11.3 Å². The molecule has 1 aliphatic heterocycles. The zero-order valence-corrected chi connectivity index (χ0v) is 9.09. The summed E-state index contributed by atoms with van der Waals surface area (Å²) in [5, 5.41) is -0.224. The van der Waals surface area contributed by atoms with Crippen LogP contribution in [0, 0.1) is 5.92 Å². The van der Waals surface area contributed by atoms with Crippen molar-refractivity contribution in [2.24, 2.45) is 11.8 Å². The number of hydrogen-bond acceptors (Lipinski definition) is 4. The first-order chi connectivity index (χ1) is 6.65. The molecule has 2 rings (SSSR count). The second-order valence-electron chi connectivity index (χ2n) is 4.43. The van der Waals surface area contributed by atoms with Crippen LogP contribution in [0.15, 0.2) is 0 Å². The molecular formula is C9H18N2O2S. The highest BCUT2D eigenvalue weighted by Gasteiger charge is 2.42. The highest BCUT2D eigenvalue weighted by molar-refractivity contribution is 7.92. The number of sulfone groups is 1. The average Bonchev–Trinajstić information content (AvgIpc) is 2.37. The van der Waals surface area contributed by atoms with Gasteiger partial charge in [0.15, 0.2) is 9.84 Å². The van der Waals surface area contributed by atoms with Gasteiger partial charge in [0.25, 0.3) is 0 Å². The number of nitrogens with one attached hydrogen (secondary N) is 1. The third-order valence-electron chi connectivity index (χ3n) is 3.63. The Morgan fingerprint density at radius 3 is 2.29 bits per heavy atom. The van der Waals surface area contributed by atoms with Crippen LogP contribution in [0.5, 0.6) is 0 Å². The van der Waals surface area contributed by atoms with Crippen LogP contribution in [0.3, 0.4) is 0 Å². The molecule has 0 amide bonds. The first-order valence-electron chi connectivity index (χ1n) is 5.33. The summed E-state index contributed by atoms with van der Waals surface area (Å²) in [6.45, 7) is 0. The Balaban J connectivity index is 2.10. The van der Waals surface area contributed by atoms with E-state index in [1.807, 2.05) is 0 Å². The average molecular weight is 218 g/mol. The third kappa shape index (κ3) is 1.68. The summed E-state index contributed by atoms with van der Waals surface area (Å²) in [6, 6.07) is -0.00347. The lowest BCUT2D eigenvalue weighted by atomic mass is 9.78. The molecular weight excluding hydrogens is 200 g/mol. The molecule has 0 radical (unpaired) electrons. The van der Waals surface area contributed by atoms with Gasteiger partial charge in [0.1, 0.15) is 0 Å². The Morgan fingerprint density at radius 2 is 1.93 bits per heavy atom. The number of hydrazine groups is 1. The first-order valence-corrected chi connectivity index (χ1v) is 7.04. The Kier molecular flexibility index (Phi) is 2.81. The van der Waals surface area contributed by atoms with Crippen molar-refractivity contribution in [1.82, 2.24) is 5.43 Å². The van der Waals surface area contributed by atoms with Crippen molar-refractivity contribution in [3.05, 3.63) is 0 Å². The van der Waals surface area contributed by atoms with Gasteiger partial charge < -0.3 is 0 Å². The van der Waals surface area contributed by atoms with Crippen molar-refractivity contribution in [2.75, 3.05) is 5.75 Å². The van der Waals surface area contributed by atoms with Crippen molar-refractivity contribution >= 4 is 9.84 Å². The molecule has 2 atom stereocenters. The summed E-state index contributed by atoms with van der Waals surface area (Å²) in [5.74, 6) is 6.30. The lowest BCUT2D eigenvalue weighted by molar-refractivity contribution is 0.222. The second-order valence-corrected chi connectivity index (χ2v) is 6.77. The monoisotopic (exact) mass is 218 g/mol. The largest absolute Gasteiger partial charge is 0.271 e. The number of nitrogens with two attached hydrogens (primary N) is 1. The predicted octanol–water partition coefficient (Wildman–Crippen LogP) is 0.196. The van der Waals surface area contributed by atoms with Crippen molar-refractivity contribution in [3.63, 3.8) is 0 Å². The van der Waals surface area contributed by atoms with Gasteiger partial charge in [-0.25, -0.2) is 8.42 Å². The second kappa shape index (κ2) is 3.79. The highest BCUT2D eigenvalue weighted by Crippen LogP contribution is 2.35. The summed E-state index contributed by atoms with van der Waals surface area (Å²) >= 11 is 0. The van der Waals surface area contributed by atoms with Gasteiger partial charge in [-0.05, 0) is 31.6 Å². The molecule has 2 unspecified atom stereocenters. The van der Waals surface area contributed by atoms with Crippen LogP contribution in [0.1, 0.15) is 32.1 Å². The van der Waals surface area contributed by atoms with Gasteiger partial charge in [-0.1, -0.05) is 6.42 Å². The first kappa shape index (κ1) is 10.4. The molecule has 1 aliphatic carbocycles. The van der Waals surface area contributed by atoms with Gasteiger partial charge in [0, 0.05) is 6.04 Å². The standard InChI is InChI=1S/C9H18N2O2S/c10-11-9(7-3-1-4-7)8-5-2-6-14(8,12)13/h7-9,11H,1-6,10H2. The molecule has 1 saturated heterocycles. The van der Waals surface area contributed by atoms with E-state index in [1.165, 1.54) is 6.42 Å². The number of rotatable bonds is 3. The van der Waals surface area contributed by atoms with Crippen LogP contribution >= 0.6 is 0 Å². The van der Waals surface area contributed by atoms with Crippen LogP contribution in [0.4, 0.5) is 0 Å². The maximum Gasteiger partial charge on any atom is 0.154 e. The Labute approximate surface area is 85.1 Å². The molecule has 0 aromatic rings. The van der Waals surface area contributed by atoms with Crippen LogP contribution in [-0.4, -0.2) is 25.5 Å². The van der Waals surface area contributed by atoms with E-state index in [0.717, 1.165) is 25.7 Å². The van der Waals surface area contributed by atoms with E-state index < -0.39 is 9.84 Å². The van der Waals surface area contributed by atoms with E-state index in [0.29, 0.717) is 11.7 Å². The molecule has 82 valence electrons. The van der Waals surface area contributed by atoms with Gasteiger partial charge in [0.05, 0.1) is 11.0 Å². The SMILES string of the molecule is NNC(C1CCC1)C1CCCS1(=O)=O. The normalized spacial score (nSPS) is 33.9. The molecule has 2 fully saturated rings. The molecule has 0 bridgehead atoms. The van der Waals surface area contributed by atoms with Crippen molar-refractivity contribution < 1.29 is 8.42 Å². The minimum Gasteiger partial charge on any atom is -0.271 e. The summed E-state index contributed by atoms with van der Waals surface area (Å²) in [6.07, 6.45) is 5.06. The van der Waals surface area contributed by atoms with E-state index in [4.69, 9.17) is 5.84 Å². The molecule has 5 heteroatoms. The van der Waals surface area contributed by atoms with Crippen molar-refractivity contribution in [1.29, 1.82) is 0 Å². The summed E-state index contributed by atoms with van der Waals surface area (Å²) in [5.41, 5.74) is 2.72. The number of hydrogen-bond donors (Lipinski definition) is 2. The van der Waals surface area contributed by atoms with Gasteiger partial charge in [0.2, 0.25) is 0 Å². The molecule has 2 aliphatic rings. The molecule has 1 heterocycles. The fourth-order valence-electron chi connectivity index (χ4n) is 2.57. The van der Waals surface area contributed by atoms with E-state index in [1.54, 1.807) is 0 Å². The van der Waals surface area contributed by atoms with E-state index in [2.05, 4.69) is 5.43 Å². The lowest BCUT2D eigenvalue weighted by Gasteiger charge is -2.36. The van der Waals surface area contributed by atoms with Gasteiger partial charge in [-0.2, -0.15) is 0 Å². The van der Waals surface area contributed by atoms with Crippen LogP contribution in [0.25, 0.3) is 0 Å². The molecule has 1 saturated carbocycles. The Hall–Kier alpha value is -0.130. The Bertz CT molecular complexity index is 298. The summed E-state index contributed by atoms with van der Waals surface area (Å²) in [7, 11) is -2.86. The molecule has 0 aromatic heterocycles. The van der Waals surface area contributed by atoms with Crippen LogP contribution in [0.2, 0.25) is 0 Å². The zero-order valence-electron chi connectivity index (χ0n) is 8.28. The zero-order chi connectivity index (χ0) is 10.2. The van der Waals surface area contributed by atoms with Gasteiger partial charge in [-0.15, -0.1) is 0 Å². The predicted molar refractivity (Wildman–Crippen MR) is 55.3 cm³/mol. The quantitative estimate of drug-likeness (QED) is 0.524. The third-order valence-corrected chi connectivity index (χ3v) is 5.94. The molecule has 3 N–H and O–H groups in total. The van der Waals surface area contributed by atoms with E-state index in [9.17, 15) is 8.42 Å². The summed E-state index contributed by atoms with van der Waals surface area (Å²) < 4.78 is 23.4. The van der Waals surface area contributed by atoms with Crippen molar-refractivity contribution in [3.8, 4) is 0 Å². The van der Waals surface area contributed by atoms with Gasteiger partial charge in [-0.3, -0.25) is 11.3 Å². The van der Waals surface area contributed by atoms with E-state index >= 15 is 0 Å². The fourth-order valence-corrected chi connectivity index (χ4v) is 4.71. The Morgan fingerprint density at radius 1 is 1.21 bits per heavy atom. The molecule has 0 spiro atoms. The topological polar surface area (TPSA) is 72.2 Å². The van der Waals surface area contributed by atoms with Gasteiger partial charge >= 0.3 is 0 Å². The van der Waals surface area contributed by atoms with Crippen LogP contribution < -0.4 is 11.3 Å². The minimum absolute atomic E-state index is 0.00347. The molecule has 4 nitrogen and oxygen atoms in total. The molecule has 0 aromatic carbocycles. The minimum atomic E-state index is -2.86. The maximum absolute atomic E-state index is 11.7. The summed E-state index contributed by atoms with van der Waals surface area (Å²) in [4.78, 5) is 0. The van der Waals surface area contributed by atoms with Crippen molar-refractivity contribution in [2.45, 2.75) is 43.4 Å². The molecule has 14 heavy (non-hydrogen) atoms. The smallest absolute Gasteiger partial charge is 0.154 e. The highest BCUT2D eigenvalue weighted by atomic mass is 32.2. The van der Waals surface area contributed by atoms with Crippen LogP contribution in [-0.2, 0) is 9.84 Å². The lowest BCUT2D eigenvalue weighted by Crippen LogP contribution is -2.52. The fraction of sp³-hybridized carbons (Fsp3) is 1.00. The maximum atomic E-state index is 11.7.